The number of ether oxygens (including phenoxy) is 2. The Morgan fingerprint density at radius 1 is 1.27 bits per heavy atom. The minimum absolute atomic E-state index is 0.0895. The zero-order valence-corrected chi connectivity index (χ0v) is 13.7. The molecule has 132 valence electrons. The lowest BCUT2D eigenvalue weighted by atomic mass is 10.2. The van der Waals surface area contributed by atoms with Gasteiger partial charge in [0.25, 0.3) is 5.91 Å². The quantitative estimate of drug-likeness (QED) is 0.735. The van der Waals surface area contributed by atoms with E-state index < -0.39 is 0 Å². The van der Waals surface area contributed by atoms with Crippen LogP contribution in [0.4, 0.5) is 0 Å². The van der Waals surface area contributed by atoms with E-state index in [0.717, 1.165) is 0 Å². The van der Waals surface area contributed by atoms with E-state index >= 15 is 0 Å². The van der Waals surface area contributed by atoms with Crippen molar-refractivity contribution in [3.63, 3.8) is 0 Å². The molecule has 1 amide bonds. The Kier molecular flexibility index (Phi) is 3.21. The fourth-order valence-corrected chi connectivity index (χ4v) is 3.56. The van der Waals surface area contributed by atoms with E-state index in [1.165, 1.54) is 6.33 Å². The normalized spacial score (nSPS) is 18.6. The standard InChI is InChI=1S/C17H15N5O4/c23-16(10-1-2-13-14(5-10)26-9-25-13)21-4-3-11(7-21)22-15-12(20-17(22)24)6-18-8-19-15/h1-2,5-6,8,11H,3-4,7,9H2,(H,20,24). The average Bonchev–Trinajstić information content (AvgIpc) is 3.37. The molecular weight excluding hydrogens is 338 g/mol. The molecule has 0 spiro atoms. The van der Waals surface area contributed by atoms with Crippen molar-refractivity contribution in [1.82, 2.24) is 24.4 Å². The Morgan fingerprint density at radius 2 is 2.15 bits per heavy atom. The molecule has 1 aromatic carbocycles. The molecule has 4 heterocycles. The number of benzene rings is 1. The number of H-pyrrole nitrogens is 1. The molecular formula is C17H15N5O4. The molecule has 9 heteroatoms. The Hall–Kier alpha value is -3.36. The first-order chi connectivity index (χ1) is 12.7. The number of amides is 1. The van der Waals surface area contributed by atoms with Crippen molar-refractivity contribution in [3.05, 3.63) is 46.8 Å². The van der Waals surface area contributed by atoms with Gasteiger partial charge < -0.3 is 19.4 Å². The van der Waals surface area contributed by atoms with Gasteiger partial charge in [-0.25, -0.2) is 14.8 Å². The molecule has 0 radical (unpaired) electrons. The summed E-state index contributed by atoms with van der Waals surface area (Å²) < 4.78 is 12.2. The largest absolute Gasteiger partial charge is 0.454 e. The smallest absolute Gasteiger partial charge is 0.328 e. The predicted molar refractivity (Wildman–Crippen MR) is 90.3 cm³/mol. The fourth-order valence-electron chi connectivity index (χ4n) is 3.56. The molecule has 9 nitrogen and oxygen atoms in total. The Balaban J connectivity index is 1.41. The third kappa shape index (κ3) is 2.24. The maximum Gasteiger partial charge on any atom is 0.328 e. The molecule has 2 aromatic heterocycles. The second kappa shape index (κ2) is 5.58. The van der Waals surface area contributed by atoms with Crippen LogP contribution in [0.3, 0.4) is 0 Å². The van der Waals surface area contributed by atoms with Crippen LogP contribution < -0.4 is 15.2 Å². The minimum atomic E-state index is -0.233. The second-order valence-corrected chi connectivity index (χ2v) is 6.32. The second-order valence-electron chi connectivity index (χ2n) is 6.32. The van der Waals surface area contributed by atoms with Gasteiger partial charge in [0.2, 0.25) is 6.79 Å². The molecule has 1 N–H and O–H groups in total. The van der Waals surface area contributed by atoms with E-state index in [1.807, 2.05) is 0 Å². The van der Waals surface area contributed by atoms with Gasteiger partial charge in [0.05, 0.1) is 12.2 Å². The van der Waals surface area contributed by atoms with Gasteiger partial charge in [-0.3, -0.25) is 9.36 Å². The highest BCUT2D eigenvalue weighted by molar-refractivity contribution is 5.95. The highest BCUT2D eigenvalue weighted by Gasteiger charge is 2.31. The van der Waals surface area contributed by atoms with Gasteiger partial charge in [0, 0.05) is 18.7 Å². The van der Waals surface area contributed by atoms with Crippen LogP contribution in [-0.2, 0) is 0 Å². The number of nitrogens with one attached hydrogen (secondary N) is 1. The van der Waals surface area contributed by atoms with Gasteiger partial charge in [-0.05, 0) is 24.6 Å². The summed E-state index contributed by atoms with van der Waals surface area (Å²) in [6, 6.07) is 5.05. The lowest BCUT2D eigenvalue weighted by Gasteiger charge is -2.17. The lowest BCUT2D eigenvalue weighted by molar-refractivity contribution is 0.0787. The Morgan fingerprint density at radius 3 is 3.08 bits per heavy atom. The van der Waals surface area contributed by atoms with E-state index in [9.17, 15) is 9.59 Å². The maximum atomic E-state index is 12.8. The summed E-state index contributed by atoms with van der Waals surface area (Å²) >= 11 is 0. The van der Waals surface area contributed by atoms with E-state index in [4.69, 9.17) is 9.47 Å². The SMILES string of the molecule is O=C(c1ccc2c(c1)OCO2)N1CCC(n2c(=O)[nH]c3cncnc32)C1. The highest BCUT2D eigenvalue weighted by atomic mass is 16.7. The van der Waals surface area contributed by atoms with E-state index in [0.29, 0.717) is 47.7 Å². The Labute approximate surface area is 147 Å². The molecule has 5 rings (SSSR count). The van der Waals surface area contributed by atoms with Crippen LogP contribution in [0.5, 0.6) is 11.5 Å². The summed E-state index contributed by atoms with van der Waals surface area (Å²) in [7, 11) is 0. The zero-order chi connectivity index (χ0) is 17.7. The third-order valence-corrected chi connectivity index (χ3v) is 4.82. The van der Waals surface area contributed by atoms with Crippen LogP contribution >= 0.6 is 0 Å². The van der Waals surface area contributed by atoms with E-state index in [-0.39, 0.29) is 24.4 Å². The van der Waals surface area contributed by atoms with Gasteiger partial charge in [0.1, 0.15) is 11.8 Å². The van der Waals surface area contributed by atoms with Gasteiger partial charge in [-0.15, -0.1) is 0 Å². The van der Waals surface area contributed by atoms with Crippen LogP contribution in [0, 0.1) is 0 Å². The van der Waals surface area contributed by atoms with Crippen LogP contribution in [-0.4, -0.2) is 50.2 Å². The maximum absolute atomic E-state index is 12.8. The third-order valence-electron chi connectivity index (χ3n) is 4.82. The number of aromatic nitrogens is 4. The number of carbonyl (C=O) groups excluding carboxylic acids is 1. The van der Waals surface area contributed by atoms with Crippen molar-refractivity contribution in [3.8, 4) is 11.5 Å². The topological polar surface area (TPSA) is 102 Å². The molecule has 2 aliphatic rings. The summed E-state index contributed by atoms with van der Waals surface area (Å²) in [5.74, 6) is 1.13. The molecule has 0 saturated carbocycles. The van der Waals surface area contributed by atoms with Crippen LogP contribution in [0.15, 0.2) is 35.5 Å². The predicted octanol–water partition coefficient (Wildman–Crippen LogP) is 0.935. The number of aromatic amines is 1. The van der Waals surface area contributed by atoms with Gasteiger partial charge >= 0.3 is 5.69 Å². The summed E-state index contributed by atoms with van der Waals surface area (Å²) in [6.07, 6.45) is 3.68. The summed E-state index contributed by atoms with van der Waals surface area (Å²) in [5.41, 5.74) is 1.47. The molecule has 1 unspecified atom stereocenters. The number of likely N-dealkylation sites (tertiary alicyclic amines) is 1. The fraction of sp³-hybridized carbons (Fsp3) is 0.294. The minimum Gasteiger partial charge on any atom is -0.454 e. The van der Waals surface area contributed by atoms with Gasteiger partial charge in [-0.1, -0.05) is 0 Å². The Bertz CT molecular complexity index is 1070. The first kappa shape index (κ1) is 14.9. The highest BCUT2D eigenvalue weighted by Crippen LogP contribution is 2.33. The molecule has 0 bridgehead atoms. The molecule has 26 heavy (non-hydrogen) atoms. The van der Waals surface area contributed by atoms with Crippen molar-refractivity contribution < 1.29 is 14.3 Å². The molecule has 2 aliphatic heterocycles. The first-order valence-electron chi connectivity index (χ1n) is 8.30. The van der Waals surface area contributed by atoms with E-state index in [2.05, 4.69) is 15.0 Å². The first-order valence-corrected chi connectivity index (χ1v) is 8.30. The van der Waals surface area contributed by atoms with E-state index in [1.54, 1.807) is 33.9 Å². The van der Waals surface area contributed by atoms with Crippen LogP contribution in [0.2, 0.25) is 0 Å². The number of imidazole rings is 1. The van der Waals surface area contributed by atoms with Crippen molar-refractivity contribution in [2.24, 2.45) is 0 Å². The van der Waals surface area contributed by atoms with Gasteiger partial charge in [0.15, 0.2) is 17.1 Å². The number of hydrogen-bond acceptors (Lipinski definition) is 6. The lowest BCUT2D eigenvalue weighted by Crippen LogP contribution is -2.30. The summed E-state index contributed by atoms with van der Waals surface area (Å²) in [4.78, 5) is 37.8. The molecule has 1 fully saturated rings. The van der Waals surface area contributed by atoms with Crippen molar-refractivity contribution in [2.45, 2.75) is 12.5 Å². The molecule has 3 aromatic rings. The van der Waals surface area contributed by atoms with Crippen molar-refractivity contribution in [2.75, 3.05) is 19.9 Å². The summed E-state index contributed by atoms with van der Waals surface area (Å²) in [5, 5.41) is 0. The van der Waals surface area contributed by atoms with Crippen molar-refractivity contribution >= 4 is 17.1 Å². The molecule has 1 saturated heterocycles. The monoisotopic (exact) mass is 353 g/mol. The summed E-state index contributed by atoms with van der Waals surface area (Å²) in [6.45, 7) is 1.19. The number of carbonyl (C=O) groups is 1. The van der Waals surface area contributed by atoms with Gasteiger partial charge in [-0.2, -0.15) is 0 Å². The number of hydrogen-bond donors (Lipinski definition) is 1. The average molecular weight is 353 g/mol. The molecule has 1 atom stereocenters. The number of fused-ring (bicyclic) bond motifs is 2. The van der Waals surface area contributed by atoms with Crippen molar-refractivity contribution in [1.29, 1.82) is 0 Å². The zero-order valence-electron chi connectivity index (χ0n) is 13.7. The van der Waals surface area contributed by atoms with Crippen LogP contribution in [0.1, 0.15) is 22.8 Å². The van der Waals surface area contributed by atoms with Crippen LogP contribution in [0.25, 0.3) is 11.2 Å². The number of nitrogens with zero attached hydrogens (tertiary/aromatic N) is 4. The molecule has 0 aliphatic carbocycles. The number of rotatable bonds is 2.